The van der Waals surface area contributed by atoms with Gasteiger partial charge in [-0.3, -0.25) is 10.1 Å². The number of nitro benzene ring substituents is 1. The standard InChI is InChI=1S/C22H19ClN4O4/c1-3-31-22(28)18-5-4-6-20(27(29)30)21(18)25-13-15-7-9-16(10-8-15)26-14(2)19(23)11-17(26)12-24/h4-11,25H,3,13H2,1-2H3. The van der Waals surface area contributed by atoms with Gasteiger partial charge in [-0.25, -0.2) is 4.79 Å². The number of para-hydroxylation sites is 1. The Kier molecular flexibility index (Phi) is 6.58. The molecule has 0 unspecified atom stereocenters. The van der Waals surface area contributed by atoms with Crippen LogP contribution in [0.3, 0.4) is 0 Å². The van der Waals surface area contributed by atoms with E-state index in [2.05, 4.69) is 11.4 Å². The minimum atomic E-state index is -0.631. The molecular formula is C22H19ClN4O4. The third-order valence-corrected chi connectivity index (χ3v) is 5.08. The number of halogens is 1. The summed E-state index contributed by atoms with van der Waals surface area (Å²) in [5.74, 6) is -0.631. The van der Waals surface area contributed by atoms with Gasteiger partial charge >= 0.3 is 5.97 Å². The highest BCUT2D eigenvalue weighted by Crippen LogP contribution is 2.30. The van der Waals surface area contributed by atoms with Crippen LogP contribution in [0.4, 0.5) is 11.4 Å². The number of carbonyl (C=O) groups excluding carboxylic acids is 1. The van der Waals surface area contributed by atoms with Gasteiger partial charge in [-0.05, 0) is 43.7 Å². The van der Waals surface area contributed by atoms with Crippen molar-refractivity contribution in [1.29, 1.82) is 5.26 Å². The van der Waals surface area contributed by atoms with Gasteiger partial charge in [-0.1, -0.05) is 29.8 Å². The number of hydrogen-bond donors (Lipinski definition) is 1. The first-order valence-electron chi connectivity index (χ1n) is 9.43. The van der Waals surface area contributed by atoms with E-state index < -0.39 is 10.9 Å². The lowest BCUT2D eigenvalue weighted by Gasteiger charge is -2.13. The van der Waals surface area contributed by atoms with Crippen LogP contribution in [-0.2, 0) is 11.3 Å². The van der Waals surface area contributed by atoms with Crippen LogP contribution < -0.4 is 5.32 Å². The van der Waals surface area contributed by atoms with Crippen LogP contribution in [0.25, 0.3) is 5.69 Å². The van der Waals surface area contributed by atoms with E-state index in [1.165, 1.54) is 18.2 Å². The van der Waals surface area contributed by atoms with Crippen LogP contribution in [0.15, 0.2) is 48.5 Å². The molecule has 3 aromatic rings. The molecule has 0 fully saturated rings. The number of ether oxygens (including phenoxy) is 1. The molecule has 0 spiro atoms. The van der Waals surface area contributed by atoms with Gasteiger partial charge in [-0.15, -0.1) is 0 Å². The fourth-order valence-corrected chi connectivity index (χ4v) is 3.39. The highest BCUT2D eigenvalue weighted by molar-refractivity contribution is 6.31. The number of anilines is 1. The summed E-state index contributed by atoms with van der Waals surface area (Å²) >= 11 is 6.14. The second-order valence-corrected chi connectivity index (χ2v) is 7.01. The second kappa shape index (κ2) is 9.32. The normalized spacial score (nSPS) is 10.4. The van der Waals surface area contributed by atoms with Crippen molar-refractivity contribution in [2.45, 2.75) is 20.4 Å². The first-order valence-corrected chi connectivity index (χ1v) is 9.80. The van der Waals surface area contributed by atoms with Gasteiger partial charge in [0.25, 0.3) is 5.69 Å². The molecule has 2 aromatic carbocycles. The predicted molar refractivity (Wildman–Crippen MR) is 117 cm³/mol. The third kappa shape index (κ3) is 4.52. The molecule has 0 aliphatic heterocycles. The van der Waals surface area contributed by atoms with E-state index in [0.29, 0.717) is 10.7 Å². The summed E-state index contributed by atoms with van der Waals surface area (Å²) in [6.07, 6.45) is 0. The number of aromatic nitrogens is 1. The zero-order chi connectivity index (χ0) is 22.5. The molecule has 9 heteroatoms. The van der Waals surface area contributed by atoms with Gasteiger partial charge in [0, 0.05) is 24.0 Å². The number of nitrogens with zero attached hydrogens (tertiary/aromatic N) is 3. The zero-order valence-electron chi connectivity index (χ0n) is 16.9. The first-order chi connectivity index (χ1) is 14.9. The van der Waals surface area contributed by atoms with E-state index in [4.69, 9.17) is 16.3 Å². The van der Waals surface area contributed by atoms with E-state index in [1.807, 2.05) is 31.2 Å². The number of nitriles is 1. The number of esters is 1. The molecule has 3 rings (SSSR count). The lowest BCUT2D eigenvalue weighted by molar-refractivity contribution is -0.384. The van der Waals surface area contributed by atoms with Crippen LogP contribution in [0.1, 0.15) is 34.2 Å². The number of rotatable bonds is 7. The first kappa shape index (κ1) is 21.9. The number of nitrogens with one attached hydrogen (secondary N) is 1. The third-order valence-electron chi connectivity index (χ3n) is 4.70. The van der Waals surface area contributed by atoms with E-state index in [1.54, 1.807) is 17.6 Å². The minimum Gasteiger partial charge on any atom is -0.462 e. The SMILES string of the molecule is CCOC(=O)c1cccc([N+](=O)[O-])c1NCc1ccc(-n2c(C#N)cc(Cl)c2C)cc1. The topological polar surface area (TPSA) is 110 Å². The van der Waals surface area contributed by atoms with E-state index >= 15 is 0 Å². The maximum atomic E-state index is 12.2. The molecule has 0 amide bonds. The molecule has 0 bridgehead atoms. The average molecular weight is 439 g/mol. The van der Waals surface area contributed by atoms with Crippen LogP contribution in [0, 0.1) is 28.4 Å². The summed E-state index contributed by atoms with van der Waals surface area (Å²) < 4.78 is 6.76. The Balaban J connectivity index is 1.87. The highest BCUT2D eigenvalue weighted by Gasteiger charge is 2.22. The monoisotopic (exact) mass is 438 g/mol. The van der Waals surface area contributed by atoms with Crippen LogP contribution >= 0.6 is 11.6 Å². The van der Waals surface area contributed by atoms with Crippen molar-refractivity contribution in [3.8, 4) is 11.8 Å². The maximum Gasteiger partial charge on any atom is 0.340 e. The molecule has 0 saturated heterocycles. The molecule has 8 nitrogen and oxygen atoms in total. The summed E-state index contributed by atoms with van der Waals surface area (Å²) in [5.41, 5.74) is 2.77. The number of hydrogen-bond acceptors (Lipinski definition) is 6. The Morgan fingerprint density at radius 3 is 2.61 bits per heavy atom. The van der Waals surface area contributed by atoms with Gasteiger partial charge in [0.1, 0.15) is 17.5 Å². The van der Waals surface area contributed by atoms with Gasteiger partial charge in [-0.2, -0.15) is 5.26 Å². The fourth-order valence-electron chi connectivity index (χ4n) is 3.20. The maximum absolute atomic E-state index is 12.2. The summed E-state index contributed by atoms with van der Waals surface area (Å²) in [6.45, 7) is 3.90. The van der Waals surface area contributed by atoms with Crippen molar-refractivity contribution in [3.05, 3.63) is 86.2 Å². The largest absolute Gasteiger partial charge is 0.462 e. The molecule has 0 radical (unpaired) electrons. The lowest BCUT2D eigenvalue weighted by Crippen LogP contribution is -2.11. The van der Waals surface area contributed by atoms with Gasteiger partial charge in [0.2, 0.25) is 0 Å². The lowest BCUT2D eigenvalue weighted by atomic mass is 10.1. The molecular weight excluding hydrogens is 420 g/mol. The fraction of sp³-hybridized carbons (Fsp3) is 0.182. The van der Waals surface area contributed by atoms with E-state index in [-0.39, 0.29) is 30.1 Å². The summed E-state index contributed by atoms with van der Waals surface area (Å²) in [4.78, 5) is 23.1. The van der Waals surface area contributed by atoms with Crippen molar-refractivity contribution in [3.63, 3.8) is 0 Å². The molecule has 1 N–H and O–H groups in total. The van der Waals surface area contributed by atoms with Gasteiger partial charge in [0.15, 0.2) is 0 Å². The highest BCUT2D eigenvalue weighted by atomic mass is 35.5. The Bertz CT molecular complexity index is 1180. The van der Waals surface area contributed by atoms with Crippen LogP contribution in [-0.4, -0.2) is 22.1 Å². The van der Waals surface area contributed by atoms with Crippen molar-refractivity contribution < 1.29 is 14.5 Å². The smallest absolute Gasteiger partial charge is 0.340 e. The van der Waals surface area contributed by atoms with Crippen molar-refractivity contribution >= 4 is 28.9 Å². The molecule has 0 aliphatic carbocycles. The molecule has 1 aromatic heterocycles. The Labute approximate surface area is 183 Å². The molecule has 158 valence electrons. The Morgan fingerprint density at radius 1 is 1.29 bits per heavy atom. The molecule has 31 heavy (non-hydrogen) atoms. The molecule has 1 heterocycles. The predicted octanol–water partition coefficient (Wildman–Crippen LogP) is 5.01. The van der Waals surface area contributed by atoms with Gasteiger partial charge < -0.3 is 14.6 Å². The van der Waals surface area contributed by atoms with Crippen LogP contribution in [0.2, 0.25) is 5.02 Å². The van der Waals surface area contributed by atoms with Crippen molar-refractivity contribution in [2.75, 3.05) is 11.9 Å². The number of carbonyl (C=O) groups is 1. The number of benzene rings is 2. The second-order valence-electron chi connectivity index (χ2n) is 6.61. The molecule has 0 atom stereocenters. The Hall–Kier alpha value is -3.83. The van der Waals surface area contributed by atoms with Gasteiger partial charge in [0.05, 0.1) is 22.1 Å². The number of nitro groups is 1. The minimum absolute atomic E-state index is 0.101. The summed E-state index contributed by atoms with van der Waals surface area (Å²) in [5, 5.41) is 24.3. The Morgan fingerprint density at radius 2 is 2.00 bits per heavy atom. The molecule has 0 saturated carbocycles. The van der Waals surface area contributed by atoms with Crippen molar-refractivity contribution in [2.24, 2.45) is 0 Å². The summed E-state index contributed by atoms with van der Waals surface area (Å²) in [6, 6.07) is 15.3. The van der Waals surface area contributed by atoms with Crippen molar-refractivity contribution in [1.82, 2.24) is 4.57 Å². The quantitative estimate of drug-likeness (QED) is 0.315. The van der Waals surface area contributed by atoms with E-state index in [0.717, 1.165) is 16.9 Å². The summed E-state index contributed by atoms with van der Waals surface area (Å²) in [7, 11) is 0. The van der Waals surface area contributed by atoms with Crippen LogP contribution in [0.5, 0.6) is 0 Å². The zero-order valence-corrected chi connectivity index (χ0v) is 17.6. The average Bonchev–Trinajstić information content (AvgIpc) is 3.06. The van der Waals surface area contributed by atoms with E-state index in [9.17, 15) is 20.2 Å². The molecule has 0 aliphatic rings.